The van der Waals surface area contributed by atoms with Crippen molar-refractivity contribution < 1.29 is 4.79 Å². The van der Waals surface area contributed by atoms with E-state index in [1.54, 1.807) is 11.3 Å². The molecule has 0 radical (unpaired) electrons. The van der Waals surface area contributed by atoms with Gasteiger partial charge in [0.25, 0.3) is 0 Å². The summed E-state index contributed by atoms with van der Waals surface area (Å²) in [5.74, 6) is 0.329. The van der Waals surface area contributed by atoms with Crippen LogP contribution in [-0.4, -0.2) is 35.4 Å². The van der Waals surface area contributed by atoms with Gasteiger partial charge >= 0.3 is 0 Å². The Labute approximate surface area is 140 Å². The molecule has 2 aliphatic rings. The van der Waals surface area contributed by atoms with Gasteiger partial charge in [0.1, 0.15) is 0 Å². The molecule has 1 spiro atoms. The smallest absolute Gasteiger partial charge is 0.234 e. The summed E-state index contributed by atoms with van der Waals surface area (Å²) in [6, 6.07) is 6.18. The summed E-state index contributed by atoms with van der Waals surface area (Å²) in [5, 5.41) is 4.12. The molecular formula is C18H21N3OS. The van der Waals surface area contributed by atoms with Crippen LogP contribution in [0.25, 0.3) is 0 Å². The molecule has 1 amide bonds. The summed E-state index contributed by atoms with van der Waals surface area (Å²) in [6.07, 6.45) is 6.80. The average molecular weight is 327 g/mol. The Kier molecular flexibility index (Phi) is 3.91. The largest absolute Gasteiger partial charge is 0.311 e. The predicted molar refractivity (Wildman–Crippen MR) is 92.5 cm³/mol. The predicted octanol–water partition coefficient (Wildman–Crippen LogP) is 3.16. The van der Waals surface area contributed by atoms with Crippen LogP contribution in [0, 0.1) is 5.41 Å². The molecule has 2 fully saturated rings. The minimum absolute atomic E-state index is 0.173. The lowest BCUT2D eigenvalue weighted by molar-refractivity contribution is -0.128. The lowest BCUT2D eigenvalue weighted by Gasteiger charge is -2.39. The fourth-order valence-electron chi connectivity index (χ4n) is 3.96. The van der Waals surface area contributed by atoms with Crippen molar-refractivity contribution in [3.8, 4) is 0 Å². The number of nitrogens with zero attached hydrogens (tertiary/aromatic N) is 3. The van der Waals surface area contributed by atoms with Crippen molar-refractivity contribution in [2.24, 2.45) is 5.41 Å². The van der Waals surface area contributed by atoms with E-state index in [1.165, 1.54) is 5.56 Å². The van der Waals surface area contributed by atoms with Crippen molar-refractivity contribution in [2.45, 2.75) is 25.8 Å². The first kappa shape index (κ1) is 14.8. The summed E-state index contributed by atoms with van der Waals surface area (Å²) in [7, 11) is 0. The number of anilines is 1. The van der Waals surface area contributed by atoms with Crippen LogP contribution in [0.15, 0.2) is 41.4 Å². The van der Waals surface area contributed by atoms with Crippen molar-refractivity contribution in [1.29, 1.82) is 0 Å². The van der Waals surface area contributed by atoms with Gasteiger partial charge in [0.15, 0.2) is 0 Å². The molecule has 2 aromatic heterocycles. The molecule has 4 heterocycles. The molecule has 120 valence electrons. The maximum Gasteiger partial charge on any atom is 0.234 e. The quantitative estimate of drug-likeness (QED) is 0.869. The maximum absolute atomic E-state index is 13.1. The van der Waals surface area contributed by atoms with E-state index in [1.807, 2.05) is 22.7 Å². The number of carbonyl (C=O) groups excluding carboxylic acids is 1. The summed E-state index contributed by atoms with van der Waals surface area (Å²) in [5.41, 5.74) is 2.17. The average Bonchev–Trinajstić information content (AvgIpc) is 3.19. The number of pyridine rings is 1. The highest BCUT2D eigenvalue weighted by Crippen LogP contribution is 2.42. The van der Waals surface area contributed by atoms with Gasteiger partial charge in [-0.1, -0.05) is 0 Å². The number of aromatic nitrogens is 1. The van der Waals surface area contributed by atoms with E-state index < -0.39 is 0 Å². The number of piperidine rings is 1. The highest BCUT2D eigenvalue weighted by molar-refractivity contribution is 7.08. The Morgan fingerprint density at radius 2 is 2.04 bits per heavy atom. The monoisotopic (exact) mass is 327 g/mol. The van der Waals surface area contributed by atoms with E-state index in [2.05, 4.69) is 33.5 Å². The molecule has 2 aromatic rings. The molecule has 2 aliphatic heterocycles. The molecule has 4 nitrogen and oxygen atoms in total. The number of hydrogen-bond acceptors (Lipinski definition) is 4. The van der Waals surface area contributed by atoms with Gasteiger partial charge in [-0.2, -0.15) is 11.3 Å². The third-order valence-electron chi connectivity index (χ3n) is 5.14. The first-order valence-corrected chi connectivity index (χ1v) is 9.17. The molecule has 4 rings (SSSR count). The normalized spacial score (nSPS) is 25.4. The molecule has 0 N–H and O–H groups in total. The highest BCUT2D eigenvalue weighted by atomic mass is 32.1. The van der Waals surface area contributed by atoms with Crippen LogP contribution in [0.2, 0.25) is 0 Å². The van der Waals surface area contributed by atoms with Crippen LogP contribution in [0.1, 0.15) is 24.8 Å². The Morgan fingerprint density at radius 3 is 2.83 bits per heavy atom. The standard InChI is InChI=1S/C18H21N3OS/c22-17-18(6-10-21(17)16-4-11-23-13-16)5-1-9-20(14-18)12-15-2-7-19-8-3-15/h2-4,7-8,11,13H,1,5-6,9-10,12,14H2/t18-/m1/s1. The summed E-state index contributed by atoms with van der Waals surface area (Å²) < 4.78 is 0. The summed E-state index contributed by atoms with van der Waals surface area (Å²) in [6.45, 7) is 3.74. The van der Waals surface area contributed by atoms with E-state index in [0.29, 0.717) is 5.91 Å². The second-order valence-electron chi connectivity index (χ2n) is 6.64. The van der Waals surface area contributed by atoms with Gasteiger partial charge in [0.05, 0.1) is 11.1 Å². The Morgan fingerprint density at radius 1 is 1.17 bits per heavy atom. The van der Waals surface area contributed by atoms with E-state index in [4.69, 9.17) is 0 Å². The Balaban J connectivity index is 1.49. The third kappa shape index (κ3) is 2.79. The van der Waals surface area contributed by atoms with E-state index >= 15 is 0 Å². The van der Waals surface area contributed by atoms with Crippen molar-refractivity contribution in [3.05, 3.63) is 46.9 Å². The van der Waals surface area contributed by atoms with Crippen LogP contribution in [0.4, 0.5) is 5.69 Å². The fraction of sp³-hybridized carbons (Fsp3) is 0.444. The first-order valence-electron chi connectivity index (χ1n) is 8.22. The molecule has 0 bridgehead atoms. The molecule has 0 aromatic carbocycles. The number of carbonyl (C=O) groups is 1. The van der Waals surface area contributed by atoms with Crippen molar-refractivity contribution in [2.75, 3.05) is 24.5 Å². The lowest BCUT2D eigenvalue weighted by Crippen LogP contribution is -2.47. The third-order valence-corrected chi connectivity index (χ3v) is 5.81. The zero-order valence-electron chi connectivity index (χ0n) is 13.1. The van der Waals surface area contributed by atoms with Crippen molar-refractivity contribution >= 4 is 22.9 Å². The van der Waals surface area contributed by atoms with Gasteiger partial charge in [-0.15, -0.1) is 0 Å². The number of thiophene rings is 1. The molecule has 0 saturated carbocycles. The molecule has 5 heteroatoms. The van der Waals surface area contributed by atoms with Crippen LogP contribution >= 0.6 is 11.3 Å². The maximum atomic E-state index is 13.1. The second-order valence-corrected chi connectivity index (χ2v) is 7.42. The van der Waals surface area contributed by atoms with Gasteiger partial charge in [-0.3, -0.25) is 14.7 Å². The van der Waals surface area contributed by atoms with Crippen molar-refractivity contribution in [3.63, 3.8) is 0 Å². The van der Waals surface area contributed by atoms with Gasteiger partial charge < -0.3 is 4.90 Å². The lowest BCUT2D eigenvalue weighted by atomic mass is 9.78. The SMILES string of the molecule is O=C1N(c2ccsc2)CC[C@@]12CCCN(Cc1ccncc1)C2. The molecule has 1 atom stereocenters. The minimum Gasteiger partial charge on any atom is -0.311 e. The van der Waals surface area contributed by atoms with Gasteiger partial charge in [-0.25, -0.2) is 0 Å². The molecule has 0 aliphatic carbocycles. The van der Waals surface area contributed by atoms with Gasteiger partial charge in [-0.05, 0) is 54.9 Å². The van der Waals surface area contributed by atoms with Gasteiger partial charge in [0, 0.05) is 37.4 Å². The first-order chi connectivity index (χ1) is 11.3. The minimum atomic E-state index is -0.173. The molecular weight excluding hydrogens is 306 g/mol. The van der Waals surface area contributed by atoms with E-state index in [0.717, 1.165) is 51.1 Å². The second kappa shape index (κ2) is 6.06. The Hall–Kier alpha value is -1.72. The number of rotatable bonds is 3. The van der Waals surface area contributed by atoms with Crippen molar-refractivity contribution in [1.82, 2.24) is 9.88 Å². The number of hydrogen-bond donors (Lipinski definition) is 0. The fourth-order valence-corrected chi connectivity index (χ4v) is 4.61. The topological polar surface area (TPSA) is 36.4 Å². The van der Waals surface area contributed by atoms with E-state index in [-0.39, 0.29) is 5.41 Å². The van der Waals surface area contributed by atoms with E-state index in [9.17, 15) is 4.79 Å². The highest BCUT2D eigenvalue weighted by Gasteiger charge is 2.49. The van der Waals surface area contributed by atoms with Crippen LogP contribution in [0.5, 0.6) is 0 Å². The summed E-state index contributed by atoms with van der Waals surface area (Å²) >= 11 is 1.66. The number of likely N-dealkylation sites (tertiary alicyclic amines) is 1. The van der Waals surface area contributed by atoms with Crippen LogP contribution < -0.4 is 4.90 Å². The van der Waals surface area contributed by atoms with Gasteiger partial charge in [0.2, 0.25) is 5.91 Å². The molecule has 2 saturated heterocycles. The van der Waals surface area contributed by atoms with Crippen LogP contribution in [-0.2, 0) is 11.3 Å². The number of amides is 1. The molecule has 23 heavy (non-hydrogen) atoms. The summed E-state index contributed by atoms with van der Waals surface area (Å²) in [4.78, 5) is 21.6. The van der Waals surface area contributed by atoms with Crippen LogP contribution in [0.3, 0.4) is 0 Å². The zero-order valence-corrected chi connectivity index (χ0v) is 14.0. The Bertz CT molecular complexity index is 673. The zero-order chi connectivity index (χ0) is 15.7. The molecule has 0 unspecified atom stereocenters.